The molecule has 1 aliphatic rings. The number of ether oxygens (including phenoxy) is 1. The molecule has 1 aliphatic heterocycles. The monoisotopic (exact) mass is 474 g/mol. The number of aryl methyl sites for hydroxylation is 1. The summed E-state index contributed by atoms with van der Waals surface area (Å²) in [5, 5.41) is 2.34. The molecule has 1 heterocycles. The lowest BCUT2D eigenvalue weighted by molar-refractivity contribution is -0.140. The van der Waals surface area contributed by atoms with Gasteiger partial charge in [-0.15, -0.1) is 0 Å². The summed E-state index contributed by atoms with van der Waals surface area (Å²) in [4.78, 5) is 12.7. The Morgan fingerprint density at radius 1 is 1.19 bits per heavy atom. The van der Waals surface area contributed by atoms with Crippen LogP contribution in [-0.4, -0.2) is 38.8 Å². The van der Waals surface area contributed by atoms with E-state index < -0.39 is 39.4 Å². The Morgan fingerprint density at radius 2 is 1.91 bits per heavy atom. The van der Waals surface area contributed by atoms with Crippen molar-refractivity contribution in [3.05, 3.63) is 53.3 Å². The molecule has 1 N–H and O–H groups in total. The van der Waals surface area contributed by atoms with Gasteiger partial charge in [0.2, 0.25) is 15.9 Å². The van der Waals surface area contributed by atoms with Crippen molar-refractivity contribution >= 4 is 21.6 Å². The first-order valence-corrected chi connectivity index (χ1v) is 11.2. The van der Waals surface area contributed by atoms with Gasteiger partial charge in [-0.2, -0.15) is 17.5 Å². The van der Waals surface area contributed by atoms with Crippen LogP contribution < -0.4 is 10.1 Å². The molecule has 0 bridgehead atoms. The van der Waals surface area contributed by atoms with Crippen LogP contribution in [0.15, 0.2) is 41.3 Å². The number of sulfonamides is 1. The van der Waals surface area contributed by atoms with Crippen LogP contribution >= 0.6 is 0 Å². The fourth-order valence-corrected chi connectivity index (χ4v) is 5.21. The summed E-state index contributed by atoms with van der Waals surface area (Å²) < 4.78 is 84.6. The van der Waals surface area contributed by atoms with E-state index in [1.807, 2.05) is 0 Å². The quantitative estimate of drug-likeness (QED) is 0.659. The van der Waals surface area contributed by atoms with E-state index in [9.17, 15) is 30.8 Å². The summed E-state index contributed by atoms with van der Waals surface area (Å²) in [6, 6.07) is 6.62. The van der Waals surface area contributed by atoms with Crippen molar-refractivity contribution in [1.29, 1.82) is 0 Å². The topological polar surface area (TPSA) is 75.7 Å². The maximum absolute atomic E-state index is 13.5. The largest absolute Gasteiger partial charge is 0.496 e. The highest BCUT2D eigenvalue weighted by atomic mass is 32.2. The Labute approximate surface area is 183 Å². The van der Waals surface area contributed by atoms with Gasteiger partial charge in [0, 0.05) is 18.8 Å². The number of hydrogen-bond acceptors (Lipinski definition) is 4. The van der Waals surface area contributed by atoms with E-state index in [0.29, 0.717) is 36.3 Å². The van der Waals surface area contributed by atoms with Crippen molar-refractivity contribution < 1.29 is 35.5 Å². The molecule has 0 aromatic heterocycles. The van der Waals surface area contributed by atoms with Gasteiger partial charge >= 0.3 is 6.18 Å². The first-order chi connectivity index (χ1) is 14.9. The predicted molar refractivity (Wildman–Crippen MR) is 109 cm³/mol. The summed E-state index contributed by atoms with van der Waals surface area (Å²) >= 11 is 0. The first-order valence-electron chi connectivity index (χ1n) is 9.76. The molecule has 2 aromatic carbocycles. The number of piperidine rings is 1. The van der Waals surface area contributed by atoms with Gasteiger partial charge in [0.05, 0.1) is 23.5 Å². The first kappa shape index (κ1) is 24.0. The molecular weight excluding hydrogens is 452 g/mol. The van der Waals surface area contributed by atoms with Gasteiger partial charge in [0.1, 0.15) is 11.6 Å². The third kappa shape index (κ3) is 5.04. The van der Waals surface area contributed by atoms with Crippen LogP contribution in [0.25, 0.3) is 0 Å². The second kappa shape index (κ2) is 9.07. The third-order valence-corrected chi connectivity index (χ3v) is 7.16. The van der Waals surface area contributed by atoms with Crippen LogP contribution in [0.1, 0.15) is 24.0 Å². The molecule has 6 nitrogen and oxygen atoms in total. The molecule has 3 rings (SSSR count). The summed E-state index contributed by atoms with van der Waals surface area (Å²) in [6.07, 6.45) is -4.13. The van der Waals surface area contributed by atoms with Crippen LogP contribution in [-0.2, 0) is 21.0 Å². The summed E-state index contributed by atoms with van der Waals surface area (Å²) in [6.45, 7) is 1.81. The van der Waals surface area contributed by atoms with Crippen molar-refractivity contribution in [2.75, 3.05) is 25.5 Å². The number of carbonyl (C=O) groups is 1. The van der Waals surface area contributed by atoms with E-state index in [1.165, 1.54) is 23.5 Å². The molecular formula is C21H22F4N2O4S. The molecule has 0 aliphatic carbocycles. The van der Waals surface area contributed by atoms with Crippen molar-refractivity contribution in [3.8, 4) is 5.75 Å². The van der Waals surface area contributed by atoms with Crippen molar-refractivity contribution in [2.45, 2.75) is 30.8 Å². The average molecular weight is 474 g/mol. The molecule has 0 saturated carbocycles. The highest BCUT2D eigenvalue weighted by Gasteiger charge is 2.36. The van der Waals surface area contributed by atoms with E-state index >= 15 is 0 Å². The predicted octanol–water partition coefficient (Wildman–Crippen LogP) is 4.20. The number of methoxy groups -OCH3 is 1. The Hall–Kier alpha value is -2.66. The lowest BCUT2D eigenvalue weighted by Gasteiger charge is -2.31. The molecule has 11 heteroatoms. The SMILES string of the molecule is COc1ccc(S(=O)(=O)N2CCC[C@@H](C(=O)Nc3ccc(F)c(C(F)(F)F)c3)C2)cc1C. The summed E-state index contributed by atoms with van der Waals surface area (Å²) in [7, 11) is -2.41. The highest BCUT2D eigenvalue weighted by molar-refractivity contribution is 7.89. The zero-order valence-corrected chi connectivity index (χ0v) is 18.2. The Bertz CT molecular complexity index is 1120. The number of halogens is 4. The zero-order valence-electron chi connectivity index (χ0n) is 17.4. The highest BCUT2D eigenvalue weighted by Crippen LogP contribution is 2.33. The van der Waals surface area contributed by atoms with Crippen molar-refractivity contribution in [2.24, 2.45) is 5.92 Å². The molecule has 0 spiro atoms. The number of rotatable bonds is 5. The van der Waals surface area contributed by atoms with Gasteiger partial charge in [-0.3, -0.25) is 4.79 Å². The van der Waals surface area contributed by atoms with E-state index in [4.69, 9.17) is 4.74 Å². The fraction of sp³-hybridized carbons (Fsp3) is 0.381. The summed E-state index contributed by atoms with van der Waals surface area (Å²) in [5.74, 6) is -2.30. The van der Waals surface area contributed by atoms with Gasteiger partial charge in [-0.25, -0.2) is 12.8 Å². The van der Waals surface area contributed by atoms with Crippen LogP contribution in [0, 0.1) is 18.7 Å². The normalized spacial score (nSPS) is 17.8. The Balaban J connectivity index is 1.76. The molecule has 2 aromatic rings. The molecule has 32 heavy (non-hydrogen) atoms. The van der Waals surface area contributed by atoms with Gasteiger partial charge in [0.15, 0.2) is 0 Å². The number of nitrogens with zero attached hydrogens (tertiary/aromatic N) is 1. The minimum absolute atomic E-state index is 0.0604. The van der Waals surface area contributed by atoms with Crippen LogP contribution in [0.5, 0.6) is 5.75 Å². The number of nitrogens with one attached hydrogen (secondary N) is 1. The zero-order chi connectivity index (χ0) is 23.7. The number of benzene rings is 2. The van der Waals surface area contributed by atoms with Crippen molar-refractivity contribution in [1.82, 2.24) is 4.31 Å². The minimum Gasteiger partial charge on any atom is -0.496 e. The number of alkyl halides is 3. The average Bonchev–Trinajstić information content (AvgIpc) is 2.74. The third-order valence-electron chi connectivity index (χ3n) is 5.30. The Kier molecular flexibility index (Phi) is 6.80. The maximum Gasteiger partial charge on any atom is 0.419 e. The van der Waals surface area contributed by atoms with Crippen LogP contribution in [0.2, 0.25) is 0 Å². The lowest BCUT2D eigenvalue weighted by Crippen LogP contribution is -2.43. The van der Waals surface area contributed by atoms with E-state index in [2.05, 4.69) is 5.32 Å². The second-order valence-electron chi connectivity index (χ2n) is 7.52. The van der Waals surface area contributed by atoms with Crippen LogP contribution in [0.4, 0.5) is 23.2 Å². The van der Waals surface area contributed by atoms with Crippen LogP contribution in [0.3, 0.4) is 0 Å². The number of anilines is 1. The summed E-state index contributed by atoms with van der Waals surface area (Å²) in [5.41, 5.74) is -1.07. The smallest absolute Gasteiger partial charge is 0.419 e. The number of hydrogen-bond donors (Lipinski definition) is 1. The van der Waals surface area contributed by atoms with E-state index in [1.54, 1.807) is 13.0 Å². The molecule has 174 valence electrons. The molecule has 0 unspecified atom stereocenters. The molecule has 1 saturated heterocycles. The minimum atomic E-state index is -4.91. The second-order valence-corrected chi connectivity index (χ2v) is 9.45. The van der Waals surface area contributed by atoms with E-state index in [0.717, 1.165) is 6.07 Å². The van der Waals surface area contributed by atoms with E-state index in [-0.39, 0.29) is 23.7 Å². The molecule has 1 atom stereocenters. The van der Waals surface area contributed by atoms with Gasteiger partial charge in [-0.1, -0.05) is 0 Å². The molecule has 0 radical (unpaired) electrons. The molecule has 1 amide bonds. The standard InChI is InChI=1S/C21H22F4N2O4S/c1-13-10-16(6-8-19(13)31-2)32(29,30)27-9-3-4-14(12-27)20(28)26-15-5-7-18(22)17(11-15)21(23,24)25/h5-8,10-11,14H,3-4,9,12H2,1-2H3,(H,26,28)/t14-/m1/s1. The number of carbonyl (C=O) groups excluding carboxylic acids is 1. The Morgan fingerprint density at radius 3 is 2.53 bits per heavy atom. The number of amides is 1. The lowest BCUT2D eigenvalue weighted by atomic mass is 9.98. The van der Waals surface area contributed by atoms with Crippen molar-refractivity contribution in [3.63, 3.8) is 0 Å². The van der Waals surface area contributed by atoms with Gasteiger partial charge in [-0.05, 0) is 61.7 Å². The maximum atomic E-state index is 13.5. The van der Waals surface area contributed by atoms with Gasteiger partial charge in [0.25, 0.3) is 0 Å². The molecule has 1 fully saturated rings. The van der Waals surface area contributed by atoms with Gasteiger partial charge < -0.3 is 10.1 Å². The fourth-order valence-electron chi connectivity index (χ4n) is 3.60.